The molecule has 2 aromatic rings. The molecule has 1 N–H and O–H groups in total. The summed E-state index contributed by atoms with van der Waals surface area (Å²) in [6.07, 6.45) is 3.95. The van der Waals surface area contributed by atoms with Crippen molar-refractivity contribution in [3.05, 3.63) is 45.7 Å². The second-order valence-corrected chi connectivity index (χ2v) is 7.92. The summed E-state index contributed by atoms with van der Waals surface area (Å²) in [5, 5.41) is 7.45. The molecular weight excluding hydrogens is 392 g/mol. The number of carbonyl (C=O) groups is 1. The first-order valence-electron chi connectivity index (χ1n) is 9.29. The lowest BCUT2D eigenvalue weighted by Gasteiger charge is -2.26. The minimum absolute atomic E-state index is 0.0631. The standard InChI is InChI=1S/C20H27BrN4O/c1-14-19(21)15(2)25(23-14)16(3)20(26)22-18-9-7-17(8-10-18)13-24-11-5-4-6-12-24/h7-10,16H,4-6,11-13H2,1-3H3,(H,22,26). The van der Waals surface area contributed by atoms with E-state index >= 15 is 0 Å². The Labute approximate surface area is 163 Å². The monoisotopic (exact) mass is 418 g/mol. The van der Waals surface area contributed by atoms with E-state index in [4.69, 9.17) is 0 Å². The maximum atomic E-state index is 12.6. The smallest absolute Gasteiger partial charge is 0.248 e. The van der Waals surface area contributed by atoms with Crippen LogP contribution < -0.4 is 5.32 Å². The number of halogens is 1. The van der Waals surface area contributed by atoms with E-state index in [2.05, 4.69) is 43.4 Å². The van der Waals surface area contributed by atoms with Crippen LogP contribution in [0.2, 0.25) is 0 Å². The fourth-order valence-corrected chi connectivity index (χ4v) is 3.71. The van der Waals surface area contributed by atoms with Crippen molar-refractivity contribution in [2.45, 2.75) is 52.6 Å². The molecule has 1 unspecified atom stereocenters. The normalized spacial score (nSPS) is 16.5. The average Bonchev–Trinajstić information content (AvgIpc) is 2.91. The molecule has 0 spiro atoms. The van der Waals surface area contributed by atoms with Crippen LogP contribution in [-0.2, 0) is 11.3 Å². The van der Waals surface area contributed by atoms with Gasteiger partial charge in [-0.1, -0.05) is 18.6 Å². The molecule has 0 bridgehead atoms. The van der Waals surface area contributed by atoms with E-state index in [0.717, 1.165) is 28.1 Å². The number of rotatable bonds is 5. The summed E-state index contributed by atoms with van der Waals surface area (Å²) in [6, 6.07) is 7.82. The van der Waals surface area contributed by atoms with E-state index in [0.29, 0.717) is 0 Å². The number of carbonyl (C=O) groups excluding carboxylic acids is 1. The molecule has 6 heteroatoms. The molecule has 1 aliphatic rings. The third-order valence-electron chi connectivity index (χ3n) is 5.06. The van der Waals surface area contributed by atoms with Crippen LogP contribution in [0.1, 0.15) is 49.2 Å². The molecule has 3 rings (SSSR count). The van der Waals surface area contributed by atoms with Crippen molar-refractivity contribution in [2.24, 2.45) is 0 Å². The number of piperidine rings is 1. The molecule has 140 valence electrons. The van der Waals surface area contributed by atoms with Crippen molar-refractivity contribution >= 4 is 27.5 Å². The highest BCUT2D eigenvalue weighted by molar-refractivity contribution is 9.10. The molecule has 0 saturated carbocycles. The molecule has 0 aliphatic carbocycles. The number of hydrogen-bond acceptors (Lipinski definition) is 3. The molecule has 1 fully saturated rings. The number of benzene rings is 1. The summed E-state index contributed by atoms with van der Waals surface area (Å²) >= 11 is 3.51. The Bertz CT molecular complexity index is 763. The maximum absolute atomic E-state index is 12.6. The van der Waals surface area contributed by atoms with Crippen molar-refractivity contribution in [1.82, 2.24) is 14.7 Å². The summed E-state index contributed by atoms with van der Waals surface area (Å²) in [4.78, 5) is 15.1. The lowest BCUT2D eigenvalue weighted by Crippen LogP contribution is -2.29. The van der Waals surface area contributed by atoms with Crippen LogP contribution in [0.3, 0.4) is 0 Å². The topological polar surface area (TPSA) is 50.2 Å². The van der Waals surface area contributed by atoms with Crippen LogP contribution in [0, 0.1) is 13.8 Å². The van der Waals surface area contributed by atoms with Crippen LogP contribution >= 0.6 is 15.9 Å². The fraction of sp³-hybridized carbons (Fsp3) is 0.500. The summed E-state index contributed by atoms with van der Waals surface area (Å²) in [6.45, 7) is 9.13. The second kappa shape index (κ2) is 8.35. The molecule has 1 saturated heterocycles. The van der Waals surface area contributed by atoms with Gasteiger partial charge in [-0.15, -0.1) is 0 Å². The van der Waals surface area contributed by atoms with Gasteiger partial charge in [-0.2, -0.15) is 5.10 Å². The molecule has 1 atom stereocenters. The van der Waals surface area contributed by atoms with Crippen LogP contribution in [0.5, 0.6) is 0 Å². The largest absolute Gasteiger partial charge is 0.324 e. The summed E-state index contributed by atoms with van der Waals surface area (Å²) in [7, 11) is 0. The van der Waals surface area contributed by atoms with Crippen molar-refractivity contribution in [1.29, 1.82) is 0 Å². The van der Waals surface area contributed by atoms with Gasteiger partial charge in [-0.25, -0.2) is 0 Å². The molecule has 0 radical (unpaired) electrons. The first-order valence-corrected chi connectivity index (χ1v) is 10.1. The summed E-state index contributed by atoms with van der Waals surface area (Å²) in [5.41, 5.74) is 3.97. The van der Waals surface area contributed by atoms with Crippen LogP contribution in [0.25, 0.3) is 0 Å². The Morgan fingerprint density at radius 3 is 2.42 bits per heavy atom. The molecule has 26 heavy (non-hydrogen) atoms. The van der Waals surface area contributed by atoms with Gasteiger partial charge in [0, 0.05) is 12.2 Å². The predicted molar refractivity (Wildman–Crippen MR) is 108 cm³/mol. The highest BCUT2D eigenvalue weighted by Crippen LogP contribution is 2.23. The van der Waals surface area contributed by atoms with Crippen molar-refractivity contribution in [3.8, 4) is 0 Å². The van der Waals surface area contributed by atoms with E-state index in [9.17, 15) is 4.79 Å². The minimum Gasteiger partial charge on any atom is -0.324 e. The molecule has 5 nitrogen and oxygen atoms in total. The first-order chi connectivity index (χ1) is 12.5. The Kier molecular flexibility index (Phi) is 6.14. The number of likely N-dealkylation sites (tertiary alicyclic amines) is 1. The van der Waals surface area contributed by atoms with Crippen LogP contribution in [-0.4, -0.2) is 33.7 Å². The minimum atomic E-state index is -0.368. The zero-order valence-corrected chi connectivity index (χ0v) is 17.3. The van der Waals surface area contributed by atoms with Gasteiger partial charge in [0.25, 0.3) is 0 Å². The van der Waals surface area contributed by atoms with Gasteiger partial charge in [0.05, 0.1) is 15.9 Å². The fourth-order valence-electron chi connectivity index (χ4n) is 3.45. The van der Waals surface area contributed by atoms with E-state index in [-0.39, 0.29) is 11.9 Å². The molecule has 1 amide bonds. The number of aryl methyl sites for hydroxylation is 1. The van der Waals surface area contributed by atoms with Crippen LogP contribution in [0.15, 0.2) is 28.7 Å². The number of nitrogens with zero attached hydrogens (tertiary/aromatic N) is 3. The van der Waals surface area contributed by atoms with Gasteiger partial charge in [0.2, 0.25) is 5.91 Å². The Balaban J connectivity index is 1.61. The molecular formula is C20H27BrN4O. The van der Waals surface area contributed by atoms with E-state index in [1.54, 1.807) is 4.68 Å². The second-order valence-electron chi connectivity index (χ2n) is 7.13. The zero-order chi connectivity index (χ0) is 18.7. The lowest BCUT2D eigenvalue weighted by molar-refractivity contribution is -0.119. The van der Waals surface area contributed by atoms with Crippen molar-refractivity contribution < 1.29 is 4.79 Å². The number of nitrogens with one attached hydrogen (secondary N) is 1. The van der Waals surface area contributed by atoms with Crippen LogP contribution in [0.4, 0.5) is 5.69 Å². The number of amides is 1. The van der Waals surface area contributed by atoms with Gasteiger partial charge in [0.15, 0.2) is 0 Å². The quantitative estimate of drug-likeness (QED) is 0.779. The number of hydrogen-bond donors (Lipinski definition) is 1. The SMILES string of the molecule is Cc1nn(C(C)C(=O)Nc2ccc(CN3CCCCC3)cc2)c(C)c1Br. The maximum Gasteiger partial charge on any atom is 0.248 e. The highest BCUT2D eigenvalue weighted by Gasteiger charge is 2.20. The van der Waals surface area contributed by atoms with Crippen molar-refractivity contribution in [2.75, 3.05) is 18.4 Å². The predicted octanol–water partition coefficient (Wildman–Crippen LogP) is 4.45. The van der Waals surface area contributed by atoms with E-state index in [1.807, 2.05) is 32.9 Å². The number of anilines is 1. The molecule has 1 aromatic heterocycles. The number of aromatic nitrogens is 2. The Hall–Kier alpha value is -1.66. The van der Waals surface area contributed by atoms with Crippen molar-refractivity contribution in [3.63, 3.8) is 0 Å². The average molecular weight is 419 g/mol. The lowest BCUT2D eigenvalue weighted by atomic mass is 10.1. The first kappa shape index (κ1) is 19.1. The molecule has 2 heterocycles. The highest BCUT2D eigenvalue weighted by atomic mass is 79.9. The third kappa shape index (κ3) is 4.35. The summed E-state index contributed by atoms with van der Waals surface area (Å²) < 4.78 is 2.72. The van der Waals surface area contributed by atoms with Gasteiger partial charge in [-0.05, 0) is 80.3 Å². The van der Waals surface area contributed by atoms with Gasteiger partial charge in [-0.3, -0.25) is 14.4 Å². The Morgan fingerprint density at radius 1 is 1.19 bits per heavy atom. The molecule has 1 aliphatic heterocycles. The molecule has 1 aromatic carbocycles. The zero-order valence-electron chi connectivity index (χ0n) is 15.8. The van der Waals surface area contributed by atoms with E-state index in [1.165, 1.54) is 37.9 Å². The van der Waals surface area contributed by atoms with E-state index < -0.39 is 0 Å². The van der Waals surface area contributed by atoms with Gasteiger partial charge < -0.3 is 5.32 Å². The van der Waals surface area contributed by atoms with Gasteiger partial charge >= 0.3 is 0 Å². The summed E-state index contributed by atoms with van der Waals surface area (Å²) in [5.74, 6) is -0.0631. The van der Waals surface area contributed by atoms with Gasteiger partial charge in [0.1, 0.15) is 6.04 Å². The Morgan fingerprint density at radius 2 is 1.85 bits per heavy atom. The third-order valence-corrected chi connectivity index (χ3v) is 6.21.